The van der Waals surface area contributed by atoms with E-state index in [2.05, 4.69) is 102 Å². The summed E-state index contributed by atoms with van der Waals surface area (Å²) in [5.74, 6) is 0. The van der Waals surface area contributed by atoms with Crippen molar-refractivity contribution in [1.29, 1.82) is 0 Å². The predicted octanol–water partition coefficient (Wildman–Crippen LogP) is 6.45. The first-order valence-corrected chi connectivity index (χ1v) is 13.3. The van der Waals surface area contributed by atoms with Crippen molar-refractivity contribution in [2.75, 3.05) is 0 Å². The molecule has 2 aromatic heterocycles. The van der Waals surface area contributed by atoms with Gasteiger partial charge in [-0.05, 0) is 47.3 Å². The Kier molecular flexibility index (Phi) is 3.24. The molecule has 7 aromatic rings. The van der Waals surface area contributed by atoms with Gasteiger partial charge in [-0.3, -0.25) is 0 Å². The molecule has 5 aromatic carbocycles. The maximum atomic E-state index is 2.55. The highest BCUT2D eigenvalue weighted by atomic mass is 32.2. The highest BCUT2D eigenvalue weighted by molar-refractivity contribution is 8.00. The maximum Gasteiger partial charge on any atom is 0.249 e. The summed E-state index contributed by atoms with van der Waals surface area (Å²) in [5.41, 5.74) is 8.34. The third-order valence-electron chi connectivity index (χ3n) is 7.65. The molecule has 0 saturated carbocycles. The van der Waals surface area contributed by atoms with Gasteiger partial charge < -0.3 is 4.57 Å². The number of fused-ring (bicyclic) bond motifs is 11. The summed E-state index contributed by atoms with van der Waals surface area (Å²) in [7, 11) is 0. The van der Waals surface area contributed by atoms with E-state index in [9.17, 15) is 0 Å². The Labute approximate surface area is 204 Å². The number of rotatable bonds is 0. The van der Waals surface area contributed by atoms with Gasteiger partial charge in [-0.25, -0.2) is 0 Å². The van der Waals surface area contributed by atoms with Crippen LogP contribution in [-0.2, 0) is 0 Å². The molecule has 0 radical (unpaired) electrons. The quantitative estimate of drug-likeness (QED) is 0.233. The van der Waals surface area contributed by atoms with Crippen LogP contribution >= 0.6 is 23.1 Å². The monoisotopic (exact) mass is 465 g/mol. The maximum absolute atomic E-state index is 2.55. The van der Waals surface area contributed by atoms with Crippen molar-refractivity contribution >= 4 is 88.2 Å². The predicted molar refractivity (Wildman–Crippen MR) is 149 cm³/mol. The highest BCUT2D eigenvalue weighted by Crippen LogP contribution is 2.43. The van der Waals surface area contributed by atoms with Crippen LogP contribution in [0, 0.1) is 0 Å². The zero-order chi connectivity index (χ0) is 22.0. The Morgan fingerprint density at radius 1 is 0.588 bits per heavy atom. The van der Waals surface area contributed by atoms with Gasteiger partial charge in [-0.15, -0.1) is 11.3 Å². The molecule has 0 bridgehead atoms. The Hall–Kier alpha value is -3.47. The van der Waals surface area contributed by atoms with E-state index in [-0.39, 0.29) is 6.71 Å². The first-order valence-electron chi connectivity index (χ1n) is 11.7. The van der Waals surface area contributed by atoms with Crippen LogP contribution < -0.4 is 16.4 Å². The first kappa shape index (κ1) is 17.9. The summed E-state index contributed by atoms with van der Waals surface area (Å²) in [5, 5.41) is 5.45. The van der Waals surface area contributed by atoms with Gasteiger partial charge in [0.2, 0.25) is 6.71 Å². The third-order valence-corrected chi connectivity index (χ3v) is 9.96. The summed E-state index contributed by atoms with van der Waals surface area (Å²) < 4.78 is 5.27. The summed E-state index contributed by atoms with van der Waals surface area (Å²) in [4.78, 5) is 2.77. The van der Waals surface area contributed by atoms with Gasteiger partial charge in [0.15, 0.2) is 0 Å². The molecule has 156 valence electrons. The number of aromatic nitrogens is 1. The number of hydrogen-bond donors (Lipinski definition) is 0. The van der Waals surface area contributed by atoms with Crippen LogP contribution in [-0.4, -0.2) is 11.3 Å². The number of para-hydroxylation sites is 1. The van der Waals surface area contributed by atoms with Crippen LogP contribution in [0.25, 0.3) is 47.7 Å². The molecule has 34 heavy (non-hydrogen) atoms. The van der Waals surface area contributed by atoms with Crippen molar-refractivity contribution in [3.8, 4) is 5.69 Å². The fourth-order valence-electron chi connectivity index (χ4n) is 6.29. The average molecular weight is 465 g/mol. The van der Waals surface area contributed by atoms with Crippen LogP contribution in [0.5, 0.6) is 0 Å². The second-order valence-electron chi connectivity index (χ2n) is 9.30. The van der Waals surface area contributed by atoms with Crippen molar-refractivity contribution in [3.63, 3.8) is 0 Å². The fourth-order valence-corrected chi connectivity index (χ4v) is 8.56. The van der Waals surface area contributed by atoms with E-state index in [0.717, 1.165) is 0 Å². The van der Waals surface area contributed by atoms with Crippen LogP contribution in [0.3, 0.4) is 0 Å². The largest absolute Gasteiger partial charge is 0.310 e. The van der Waals surface area contributed by atoms with E-state index < -0.39 is 0 Å². The van der Waals surface area contributed by atoms with Gasteiger partial charge in [0.05, 0.1) is 11.0 Å². The summed E-state index contributed by atoms with van der Waals surface area (Å²) in [6, 6.07) is 36.4. The molecule has 4 heteroatoms. The van der Waals surface area contributed by atoms with Gasteiger partial charge in [-0.2, -0.15) is 0 Å². The Bertz CT molecular complexity index is 2010. The molecule has 1 nitrogen and oxygen atoms in total. The minimum Gasteiger partial charge on any atom is -0.310 e. The molecule has 0 aliphatic carbocycles. The van der Waals surface area contributed by atoms with Gasteiger partial charge in [0.1, 0.15) is 0 Å². The number of thiophene rings is 1. The second kappa shape index (κ2) is 6.15. The molecule has 9 rings (SSSR count). The molecule has 2 aliphatic rings. The average Bonchev–Trinajstić information content (AvgIpc) is 3.41. The Balaban J connectivity index is 1.51. The van der Waals surface area contributed by atoms with Crippen molar-refractivity contribution in [2.24, 2.45) is 0 Å². The SMILES string of the molecule is c1ccc2c(c1)Sc1ccc3c4cc5c(cc4n4c3c1B2c1ccccc1-4)sc1ccccc15. The minimum atomic E-state index is 0.283. The van der Waals surface area contributed by atoms with E-state index in [1.165, 1.54) is 73.8 Å². The molecule has 0 spiro atoms. The van der Waals surface area contributed by atoms with Crippen molar-refractivity contribution in [1.82, 2.24) is 4.57 Å². The van der Waals surface area contributed by atoms with Crippen LogP contribution in [0.1, 0.15) is 0 Å². The van der Waals surface area contributed by atoms with Gasteiger partial charge in [-0.1, -0.05) is 77.9 Å². The molecule has 0 unspecified atom stereocenters. The van der Waals surface area contributed by atoms with Gasteiger partial charge in [0, 0.05) is 46.4 Å². The lowest BCUT2D eigenvalue weighted by molar-refractivity contribution is 1.18. The fraction of sp³-hybridized carbons (Fsp3) is 0. The second-order valence-corrected chi connectivity index (χ2v) is 11.5. The number of hydrogen-bond acceptors (Lipinski definition) is 2. The summed E-state index contributed by atoms with van der Waals surface area (Å²) in [6.45, 7) is 0.283. The molecule has 0 N–H and O–H groups in total. The normalized spacial score (nSPS) is 13.7. The van der Waals surface area contributed by atoms with E-state index in [4.69, 9.17) is 0 Å². The molecule has 0 amide bonds. The molecule has 0 atom stereocenters. The van der Waals surface area contributed by atoms with Crippen LogP contribution in [0.2, 0.25) is 0 Å². The van der Waals surface area contributed by atoms with Crippen molar-refractivity contribution < 1.29 is 0 Å². The lowest BCUT2D eigenvalue weighted by Gasteiger charge is -2.32. The third kappa shape index (κ3) is 2.06. The smallest absolute Gasteiger partial charge is 0.249 e. The van der Waals surface area contributed by atoms with Gasteiger partial charge >= 0.3 is 0 Å². The van der Waals surface area contributed by atoms with E-state index in [1.54, 1.807) is 0 Å². The molecule has 0 fully saturated rings. The minimum absolute atomic E-state index is 0.283. The summed E-state index contributed by atoms with van der Waals surface area (Å²) in [6.07, 6.45) is 0. The van der Waals surface area contributed by atoms with Gasteiger partial charge in [0.25, 0.3) is 0 Å². The zero-order valence-electron chi connectivity index (χ0n) is 18.1. The summed E-state index contributed by atoms with van der Waals surface area (Å²) >= 11 is 3.83. The Morgan fingerprint density at radius 2 is 1.41 bits per heavy atom. The lowest BCUT2D eigenvalue weighted by atomic mass is 9.35. The zero-order valence-corrected chi connectivity index (χ0v) is 19.7. The number of nitrogens with zero attached hydrogens (tertiary/aromatic N) is 1. The molecular formula is C30H16BNS2. The number of benzene rings is 5. The Morgan fingerprint density at radius 3 is 2.38 bits per heavy atom. The van der Waals surface area contributed by atoms with E-state index in [0.29, 0.717) is 0 Å². The lowest BCUT2D eigenvalue weighted by Crippen LogP contribution is -2.58. The van der Waals surface area contributed by atoms with Crippen molar-refractivity contribution in [2.45, 2.75) is 9.79 Å². The van der Waals surface area contributed by atoms with E-state index >= 15 is 0 Å². The molecule has 0 saturated heterocycles. The highest BCUT2D eigenvalue weighted by Gasteiger charge is 2.39. The van der Waals surface area contributed by atoms with E-state index in [1.807, 2.05) is 23.1 Å². The first-order chi connectivity index (χ1) is 16.9. The standard InChI is InChI=1S/C30H16BNS2/c1-5-11-25-17(7-1)20-15-19-18-13-14-27-29-30(18)32(24(19)16-28(20)33-25)23-10-4-2-8-21(23)31(29)22-9-3-6-12-26(22)34-27/h1-16H. The topological polar surface area (TPSA) is 4.93 Å². The van der Waals surface area contributed by atoms with Crippen molar-refractivity contribution in [3.05, 3.63) is 97.1 Å². The molecule has 4 heterocycles. The van der Waals surface area contributed by atoms with Crippen LogP contribution in [0.15, 0.2) is 107 Å². The van der Waals surface area contributed by atoms with Crippen LogP contribution in [0.4, 0.5) is 0 Å². The molecular weight excluding hydrogens is 449 g/mol. The molecule has 2 aliphatic heterocycles.